The molecule has 0 aliphatic rings. The summed E-state index contributed by atoms with van der Waals surface area (Å²) in [6, 6.07) is 14.6. The maximum absolute atomic E-state index is 5.94. The number of nitrogen functional groups attached to an aromatic ring is 1. The molecule has 20 heavy (non-hydrogen) atoms. The van der Waals surface area contributed by atoms with Gasteiger partial charge >= 0.3 is 0 Å². The largest absolute Gasteiger partial charge is 0.397 e. The molecule has 0 saturated heterocycles. The van der Waals surface area contributed by atoms with Crippen molar-refractivity contribution in [2.24, 2.45) is 0 Å². The summed E-state index contributed by atoms with van der Waals surface area (Å²) in [7, 11) is 0. The fourth-order valence-corrected chi connectivity index (χ4v) is 2.21. The van der Waals surface area contributed by atoms with E-state index >= 15 is 0 Å². The summed E-state index contributed by atoms with van der Waals surface area (Å²) in [5.41, 5.74) is 11.9. The van der Waals surface area contributed by atoms with Gasteiger partial charge in [0.2, 0.25) is 0 Å². The minimum atomic E-state index is 0.195. The first-order valence-corrected chi connectivity index (χ1v) is 7.06. The molecule has 0 spiro atoms. The molecule has 106 valence electrons. The first kappa shape index (κ1) is 14.4. The number of anilines is 2. The average Bonchev–Trinajstić information content (AvgIpc) is 2.38. The van der Waals surface area contributed by atoms with Gasteiger partial charge in [0.15, 0.2) is 0 Å². The molecule has 2 aromatic rings. The number of aryl methyl sites for hydroxylation is 1. The molecular weight excluding hydrogens is 244 g/mol. The summed E-state index contributed by atoms with van der Waals surface area (Å²) in [6.07, 6.45) is 0. The van der Waals surface area contributed by atoms with Crippen LogP contribution in [0.4, 0.5) is 11.4 Å². The third-order valence-corrected chi connectivity index (χ3v) is 3.64. The van der Waals surface area contributed by atoms with Gasteiger partial charge in [-0.2, -0.15) is 0 Å². The van der Waals surface area contributed by atoms with Gasteiger partial charge in [-0.3, -0.25) is 0 Å². The molecule has 0 radical (unpaired) electrons. The minimum Gasteiger partial charge on any atom is -0.397 e. The zero-order valence-electron chi connectivity index (χ0n) is 12.8. The van der Waals surface area contributed by atoms with Crippen molar-refractivity contribution in [1.29, 1.82) is 0 Å². The van der Waals surface area contributed by atoms with E-state index in [1.807, 2.05) is 24.3 Å². The van der Waals surface area contributed by atoms with Gasteiger partial charge in [-0.1, -0.05) is 51.1 Å². The van der Waals surface area contributed by atoms with E-state index in [1.165, 1.54) is 16.7 Å². The van der Waals surface area contributed by atoms with E-state index in [9.17, 15) is 0 Å². The fraction of sp³-hybridized carbons (Fsp3) is 0.333. The van der Waals surface area contributed by atoms with Crippen LogP contribution in [0.1, 0.15) is 37.5 Å². The Labute approximate surface area is 122 Å². The second kappa shape index (κ2) is 5.58. The van der Waals surface area contributed by atoms with Crippen LogP contribution in [0, 0.1) is 6.92 Å². The fourth-order valence-electron chi connectivity index (χ4n) is 2.21. The Morgan fingerprint density at radius 1 is 1.05 bits per heavy atom. The molecule has 0 aliphatic carbocycles. The third kappa shape index (κ3) is 3.32. The molecule has 0 aromatic heterocycles. The number of rotatable bonds is 3. The molecule has 0 unspecified atom stereocenters. The Kier molecular flexibility index (Phi) is 4.03. The number of nitrogens with two attached hydrogens (primary N) is 1. The van der Waals surface area contributed by atoms with Crippen LogP contribution in [0.25, 0.3) is 0 Å². The van der Waals surface area contributed by atoms with Gasteiger partial charge < -0.3 is 11.1 Å². The van der Waals surface area contributed by atoms with Crippen LogP contribution >= 0.6 is 0 Å². The highest BCUT2D eigenvalue weighted by Gasteiger charge is 2.14. The zero-order chi connectivity index (χ0) is 14.8. The highest BCUT2D eigenvalue weighted by molar-refractivity contribution is 5.65. The Balaban J connectivity index is 2.13. The molecule has 3 N–H and O–H groups in total. The van der Waals surface area contributed by atoms with Crippen LogP contribution < -0.4 is 11.1 Å². The molecule has 0 aliphatic heterocycles. The van der Waals surface area contributed by atoms with E-state index in [0.29, 0.717) is 0 Å². The standard InChI is InChI=1S/C18H24N2/c1-13-11-15(18(2,3)4)10-9-14(13)12-20-17-8-6-5-7-16(17)19/h5-11,20H,12,19H2,1-4H3. The number of benzene rings is 2. The lowest BCUT2D eigenvalue weighted by atomic mass is 9.85. The Morgan fingerprint density at radius 3 is 2.35 bits per heavy atom. The van der Waals surface area contributed by atoms with Gasteiger partial charge in [-0.25, -0.2) is 0 Å². The first-order chi connectivity index (χ1) is 9.38. The van der Waals surface area contributed by atoms with Crippen molar-refractivity contribution >= 4 is 11.4 Å². The van der Waals surface area contributed by atoms with Gasteiger partial charge in [0, 0.05) is 6.54 Å². The predicted octanol–water partition coefficient (Wildman–Crippen LogP) is 4.49. The van der Waals surface area contributed by atoms with Crippen LogP contribution in [-0.2, 0) is 12.0 Å². The lowest BCUT2D eigenvalue weighted by molar-refractivity contribution is 0.589. The van der Waals surface area contributed by atoms with E-state index in [-0.39, 0.29) is 5.41 Å². The second-order valence-electron chi connectivity index (χ2n) is 6.33. The quantitative estimate of drug-likeness (QED) is 0.805. The van der Waals surface area contributed by atoms with Crippen LogP contribution in [-0.4, -0.2) is 0 Å². The monoisotopic (exact) mass is 268 g/mol. The number of hydrogen-bond donors (Lipinski definition) is 2. The van der Waals surface area contributed by atoms with Crippen molar-refractivity contribution in [1.82, 2.24) is 0 Å². The molecule has 2 heteroatoms. The normalized spacial score (nSPS) is 11.4. The summed E-state index contributed by atoms with van der Waals surface area (Å²) in [4.78, 5) is 0. The maximum Gasteiger partial charge on any atom is 0.0576 e. The molecule has 0 fully saturated rings. The summed E-state index contributed by atoms with van der Waals surface area (Å²) < 4.78 is 0. The summed E-state index contributed by atoms with van der Waals surface area (Å²) in [6.45, 7) is 9.68. The van der Waals surface area contributed by atoms with E-state index in [1.54, 1.807) is 0 Å². The van der Waals surface area contributed by atoms with Crippen molar-refractivity contribution in [3.8, 4) is 0 Å². The van der Waals surface area contributed by atoms with Gasteiger partial charge in [-0.05, 0) is 41.2 Å². The van der Waals surface area contributed by atoms with Crippen molar-refractivity contribution < 1.29 is 0 Å². The minimum absolute atomic E-state index is 0.195. The third-order valence-electron chi connectivity index (χ3n) is 3.64. The molecule has 0 heterocycles. The van der Waals surface area contributed by atoms with Gasteiger partial charge in [0.25, 0.3) is 0 Å². The Hall–Kier alpha value is -1.96. The van der Waals surface area contributed by atoms with Crippen molar-refractivity contribution in [2.45, 2.75) is 39.7 Å². The molecule has 0 amide bonds. The predicted molar refractivity (Wildman–Crippen MR) is 88.1 cm³/mol. The lowest BCUT2D eigenvalue weighted by Crippen LogP contribution is -2.12. The molecular formula is C18H24N2. The van der Waals surface area contributed by atoms with Gasteiger partial charge in [0.1, 0.15) is 0 Å². The molecule has 2 aromatic carbocycles. The topological polar surface area (TPSA) is 38.0 Å². The lowest BCUT2D eigenvalue weighted by Gasteiger charge is -2.21. The molecule has 2 nitrogen and oxygen atoms in total. The number of nitrogens with one attached hydrogen (secondary N) is 1. The maximum atomic E-state index is 5.94. The Morgan fingerprint density at radius 2 is 1.75 bits per heavy atom. The van der Waals surface area contributed by atoms with E-state index in [4.69, 9.17) is 5.73 Å². The molecule has 2 rings (SSSR count). The number of para-hydroxylation sites is 2. The SMILES string of the molecule is Cc1cc(C(C)(C)C)ccc1CNc1ccccc1N. The van der Waals surface area contributed by atoms with Gasteiger partial charge in [-0.15, -0.1) is 0 Å². The molecule has 0 atom stereocenters. The first-order valence-electron chi connectivity index (χ1n) is 7.06. The zero-order valence-corrected chi connectivity index (χ0v) is 12.8. The summed E-state index contributed by atoms with van der Waals surface area (Å²) >= 11 is 0. The van der Waals surface area contributed by atoms with Crippen LogP contribution in [0.3, 0.4) is 0 Å². The van der Waals surface area contributed by atoms with E-state index in [0.717, 1.165) is 17.9 Å². The van der Waals surface area contributed by atoms with Crippen molar-refractivity contribution in [3.63, 3.8) is 0 Å². The average molecular weight is 268 g/mol. The van der Waals surface area contributed by atoms with Crippen LogP contribution in [0.5, 0.6) is 0 Å². The highest BCUT2D eigenvalue weighted by Crippen LogP contribution is 2.25. The molecule has 0 bridgehead atoms. The summed E-state index contributed by atoms with van der Waals surface area (Å²) in [5, 5.41) is 3.40. The van der Waals surface area contributed by atoms with Crippen LogP contribution in [0.2, 0.25) is 0 Å². The van der Waals surface area contributed by atoms with E-state index < -0.39 is 0 Å². The van der Waals surface area contributed by atoms with Crippen molar-refractivity contribution in [3.05, 3.63) is 59.2 Å². The van der Waals surface area contributed by atoms with Crippen LogP contribution in [0.15, 0.2) is 42.5 Å². The summed E-state index contributed by atoms with van der Waals surface area (Å²) in [5.74, 6) is 0. The van der Waals surface area contributed by atoms with Gasteiger partial charge in [0.05, 0.1) is 11.4 Å². The Bertz CT molecular complexity index is 595. The smallest absolute Gasteiger partial charge is 0.0576 e. The molecule has 0 saturated carbocycles. The highest BCUT2D eigenvalue weighted by atomic mass is 14.9. The second-order valence-corrected chi connectivity index (χ2v) is 6.33. The number of hydrogen-bond acceptors (Lipinski definition) is 2. The van der Waals surface area contributed by atoms with E-state index in [2.05, 4.69) is 51.2 Å². The van der Waals surface area contributed by atoms with Crippen molar-refractivity contribution in [2.75, 3.05) is 11.1 Å².